The Kier molecular flexibility index (Phi) is 2.55. The Morgan fingerprint density at radius 2 is 2.05 bits per heavy atom. The highest BCUT2D eigenvalue weighted by molar-refractivity contribution is 9.10. The van der Waals surface area contributed by atoms with Gasteiger partial charge in [-0.25, -0.2) is 4.90 Å². The molecule has 0 aromatic heterocycles. The van der Waals surface area contributed by atoms with Crippen LogP contribution >= 0.6 is 15.9 Å². The fourth-order valence-corrected chi connectivity index (χ4v) is 3.99. The topological polar surface area (TPSA) is 46.6 Å². The minimum absolute atomic E-state index is 0.154. The molecule has 0 N–H and O–H groups in total. The van der Waals surface area contributed by atoms with E-state index in [-0.39, 0.29) is 23.8 Å². The molecule has 4 atom stereocenters. The lowest BCUT2D eigenvalue weighted by Gasteiger charge is -2.24. The van der Waals surface area contributed by atoms with Crippen molar-refractivity contribution >= 4 is 33.4 Å². The molecule has 3 aliphatic rings. The summed E-state index contributed by atoms with van der Waals surface area (Å²) in [6, 6.07) is 5.54. The normalized spacial score (nSPS) is 36.7. The molecule has 3 aliphatic heterocycles. The van der Waals surface area contributed by atoms with Gasteiger partial charge in [-0.2, -0.15) is 0 Å². The second-order valence-corrected chi connectivity index (χ2v) is 6.93. The molecule has 0 radical (unpaired) electrons. The van der Waals surface area contributed by atoms with Gasteiger partial charge in [-0.3, -0.25) is 9.59 Å². The predicted octanol–water partition coefficient (Wildman–Crippen LogP) is 2.59. The Balaban J connectivity index is 1.78. The molecule has 108 valence electrons. The minimum atomic E-state index is -0.640. The van der Waals surface area contributed by atoms with Crippen LogP contribution in [0.2, 0.25) is 0 Å². The second kappa shape index (κ2) is 4.05. The van der Waals surface area contributed by atoms with Crippen LogP contribution in [0.15, 0.2) is 34.8 Å². The number of benzene rings is 1. The number of hydrogen-bond donors (Lipinski definition) is 0. The number of imide groups is 1. The van der Waals surface area contributed by atoms with Gasteiger partial charge in [0.25, 0.3) is 0 Å². The van der Waals surface area contributed by atoms with Crippen LogP contribution in [0.4, 0.5) is 5.69 Å². The van der Waals surface area contributed by atoms with Crippen LogP contribution in [0.1, 0.15) is 12.5 Å². The summed E-state index contributed by atoms with van der Waals surface area (Å²) in [5, 5.41) is 0. The van der Waals surface area contributed by atoms with Gasteiger partial charge < -0.3 is 4.74 Å². The number of carbonyl (C=O) groups excluding carboxylic acids is 2. The van der Waals surface area contributed by atoms with Gasteiger partial charge in [0.15, 0.2) is 0 Å². The van der Waals surface area contributed by atoms with Crippen LogP contribution in [0.5, 0.6) is 0 Å². The quantitative estimate of drug-likeness (QED) is 0.579. The van der Waals surface area contributed by atoms with Crippen LogP contribution in [0.25, 0.3) is 0 Å². The first kappa shape index (κ1) is 13.2. The molecule has 0 aliphatic carbocycles. The molecule has 5 heteroatoms. The molecule has 0 unspecified atom stereocenters. The average Bonchev–Trinajstić information content (AvgIpc) is 3.03. The summed E-state index contributed by atoms with van der Waals surface area (Å²) in [4.78, 5) is 26.8. The minimum Gasteiger partial charge on any atom is -0.362 e. The molecular weight excluding hydrogens is 334 g/mol. The molecule has 1 aromatic carbocycles. The number of ether oxygens (including phenoxy) is 1. The van der Waals surface area contributed by atoms with E-state index in [4.69, 9.17) is 4.74 Å². The molecule has 3 heterocycles. The zero-order valence-electron chi connectivity index (χ0n) is 11.7. The number of halogens is 1. The summed E-state index contributed by atoms with van der Waals surface area (Å²) in [7, 11) is 0. The maximum Gasteiger partial charge on any atom is 0.241 e. The molecule has 21 heavy (non-hydrogen) atoms. The summed E-state index contributed by atoms with van der Waals surface area (Å²) in [5.41, 5.74) is 1.05. The van der Waals surface area contributed by atoms with E-state index in [1.807, 2.05) is 44.2 Å². The van der Waals surface area contributed by atoms with E-state index in [0.717, 1.165) is 10.0 Å². The fraction of sp³-hybridized carbons (Fsp3) is 0.375. The SMILES string of the molecule is Cc1ccc(N2C(=O)[C@@H]3[C@H]4C=C[C@@](C)(O4)[C@H]3C2=O)cc1Br. The van der Waals surface area contributed by atoms with E-state index in [2.05, 4.69) is 15.9 Å². The first-order valence-corrected chi connectivity index (χ1v) is 7.73. The van der Waals surface area contributed by atoms with E-state index in [0.29, 0.717) is 5.69 Å². The van der Waals surface area contributed by atoms with Gasteiger partial charge in [-0.1, -0.05) is 34.1 Å². The van der Waals surface area contributed by atoms with Crippen molar-refractivity contribution in [2.45, 2.75) is 25.6 Å². The van der Waals surface area contributed by atoms with Crippen molar-refractivity contribution in [2.24, 2.45) is 11.8 Å². The molecule has 2 amide bonds. The van der Waals surface area contributed by atoms with E-state index >= 15 is 0 Å². The molecule has 2 fully saturated rings. The first-order valence-electron chi connectivity index (χ1n) is 6.93. The van der Waals surface area contributed by atoms with Gasteiger partial charge in [0.2, 0.25) is 11.8 Å². The van der Waals surface area contributed by atoms with Gasteiger partial charge in [-0.15, -0.1) is 0 Å². The Hall–Kier alpha value is -1.46. The number of nitrogens with zero attached hydrogens (tertiary/aromatic N) is 1. The molecule has 2 bridgehead atoms. The van der Waals surface area contributed by atoms with Gasteiger partial charge >= 0.3 is 0 Å². The zero-order chi connectivity index (χ0) is 14.9. The van der Waals surface area contributed by atoms with E-state index < -0.39 is 11.5 Å². The predicted molar refractivity (Wildman–Crippen MR) is 80.8 cm³/mol. The number of hydrogen-bond acceptors (Lipinski definition) is 3. The Labute approximate surface area is 130 Å². The highest BCUT2D eigenvalue weighted by Crippen LogP contribution is 2.52. The van der Waals surface area contributed by atoms with Crippen molar-refractivity contribution in [3.8, 4) is 0 Å². The maximum absolute atomic E-state index is 12.8. The highest BCUT2D eigenvalue weighted by atomic mass is 79.9. The van der Waals surface area contributed by atoms with E-state index in [9.17, 15) is 9.59 Å². The number of fused-ring (bicyclic) bond motifs is 5. The molecule has 4 nitrogen and oxygen atoms in total. The third-order valence-electron chi connectivity index (χ3n) is 4.74. The van der Waals surface area contributed by atoms with Crippen LogP contribution in [-0.2, 0) is 14.3 Å². The Bertz CT molecular complexity index is 713. The smallest absolute Gasteiger partial charge is 0.241 e. The van der Waals surface area contributed by atoms with Gasteiger partial charge in [0, 0.05) is 4.47 Å². The number of carbonyl (C=O) groups is 2. The molecule has 2 saturated heterocycles. The van der Waals surface area contributed by atoms with Crippen molar-refractivity contribution in [1.29, 1.82) is 0 Å². The summed E-state index contributed by atoms with van der Waals surface area (Å²) in [6.45, 7) is 3.85. The highest BCUT2D eigenvalue weighted by Gasteiger charge is 2.66. The lowest BCUT2D eigenvalue weighted by molar-refractivity contribution is -0.126. The van der Waals surface area contributed by atoms with Gasteiger partial charge in [0.1, 0.15) is 0 Å². The zero-order valence-corrected chi connectivity index (χ0v) is 13.3. The Morgan fingerprint density at radius 3 is 2.71 bits per heavy atom. The molecule has 4 rings (SSSR count). The number of amides is 2. The lowest BCUT2D eigenvalue weighted by Crippen LogP contribution is -2.38. The lowest BCUT2D eigenvalue weighted by atomic mass is 9.78. The number of anilines is 1. The molecule has 1 aromatic rings. The second-order valence-electron chi connectivity index (χ2n) is 6.07. The number of rotatable bonds is 1. The largest absolute Gasteiger partial charge is 0.362 e. The summed E-state index contributed by atoms with van der Waals surface area (Å²) >= 11 is 3.45. The summed E-state index contributed by atoms with van der Waals surface area (Å²) < 4.78 is 6.70. The first-order chi connectivity index (χ1) is 9.92. The number of aryl methyl sites for hydroxylation is 1. The van der Waals surface area contributed by atoms with Gasteiger partial charge in [0.05, 0.1) is 29.2 Å². The van der Waals surface area contributed by atoms with Crippen molar-refractivity contribution in [3.05, 3.63) is 40.4 Å². The average molecular weight is 348 g/mol. The third-order valence-corrected chi connectivity index (χ3v) is 5.60. The molecule has 0 saturated carbocycles. The van der Waals surface area contributed by atoms with Crippen LogP contribution in [0.3, 0.4) is 0 Å². The van der Waals surface area contributed by atoms with Crippen LogP contribution < -0.4 is 4.90 Å². The van der Waals surface area contributed by atoms with Crippen molar-refractivity contribution in [2.75, 3.05) is 4.90 Å². The van der Waals surface area contributed by atoms with Crippen LogP contribution in [-0.4, -0.2) is 23.5 Å². The Morgan fingerprint density at radius 1 is 1.29 bits per heavy atom. The van der Waals surface area contributed by atoms with Crippen LogP contribution in [0, 0.1) is 18.8 Å². The van der Waals surface area contributed by atoms with Gasteiger partial charge in [-0.05, 0) is 31.5 Å². The molecular formula is C16H14BrNO3. The fourth-order valence-electron chi connectivity index (χ4n) is 3.63. The third kappa shape index (κ3) is 1.59. The van der Waals surface area contributed by atoms with E-state index in [1.54, 1.807) is 0 Å². The van der Waals surface area contributed by atoms with Crippen molar-refractivity contribution in [3.63, 3.8) is 0 Å². The standard InChI is InChI=1S/C16H14BrNO3/c1-8-3-4-9(7-10(8)17)18-14(19)12-11-5-6-16(2,21-11)13(12)15(18)20/h3-7,11-13H,1-2H3/t11-,12-,13-,16-/m1/s1. The van der Waals surface area contributed by atoms with Crippen molar-refractivity contribution in [1.82, 2.24) is 0 Å². The monoisotopic (exact) mass is 347 g/mol. The summed E-state index contributed by atoms with van der Waals surface area (Å²) in [6.07, 6.45) is 3.55. The molecule has 0 spiro atoms. The van der Waals surface area contributed by atoms with Crippen molar-refractivity contribution < 1.29 is 14.3 Å². The summed E-state index contributed by atoms with van der Waals surface area (Å²) in [5.74, 6) is -1.10. The maximum atomic E-state index is 12.8. The van der Waals surface area contributed by atoms with E-state index in [1.165, 1.54) is 4.90 Å².